The summed E-state index contributed by atoms with van der Waals surface area (Å²) in [4.78, 5) is 15.3. The quantitative estimate of drug-likeness (QED) is 0.868. The van der Waals surface area contributed by atoms with E-state index in [1.54, 1.807) is 6.92 Å². The Morgan fingerprint density at radius 1 is 1.47 bits per heavy atom. The van der Waals surface area contributed by atoms with E-state index in [4.69, 9.17) is 0 Å². The lowest BCUT2D eigenvalue weighted by atomic mass is 9.99. The molecule has 0 spiro atoms. The van der Waals surface area contributed by atoms with Gasteiger partial charge in [0.15, 0.2) is 0 Å². The number of hydrogen-bond donors (Lipinski definition) is 2. The molecule has 2 N–H and O–H groups in total. The second-order valence-electron chi connectivity index (χ2n) is 4.75. The number of anilines is 1. The van der Waals surface area contributed by atoms with E-state index < -0.39 is 17.4 Å². The second-order valence-corrected chi connectivity index (χ2v) is 4.75. The van der Waals surface area contributed by atoms with Crippen molar-refractivity contribution >= 4 is 11.6 Å². The van der Waals surface area contributed by atoms with Crippen molar-refractivity contribution in [2.45, 2.75) is 31.5 Å². The molecular weight excluding hydrogens is 259 g/mol. The lowest BCUT2D eigenvalue weighted by Crippen LogP contribution is -2.47. The van der Waals surface area contributed by atoms with Crippen molar-refractivity contribution in [2.24, 2.45) is 0 Å². The first-order chi connectivity index (χ1) is 8.81. The van der Waals surface area contributed by atoms with Crippen molar-refractivity contribution in [3.8, 4) is 0 Å². The van der Waals surface area contributed by atoms with Gasteiger partial charge in [0.25, 0.3) is 0 Å². The van der Waals surface area contributed by atoms with Gasteiger partial charge in [-0.3, -0.25) is 4.79 Å². The molecule has 1 aliphatic heterocycles. The molecule has 1 atom stereocenters. The monoisotopic (exact) mass is 273 g/mol. The van der Waals surface area contributed by atoms with Crippen molar-refractivity contribution in [1.82, 2.24) is 10.3 Å². The van der Waals surface area contributed by atoms with Crippen LogP contribution in [-0.2, 0) is 11.0 Å². The minimum absolute atomic E-state index is 0.257. The molecule has 7 heteroatoms. The molecule has 1 saturated heterocycles. The van der Waals surface area contributed by atoms with Gasteiger partial charge in [0.05, 0.1) is 17.4 Å². The number of amides is 1. The summed E-state index contributed by atoms with van der Waals surface area (Å²) in [6, 6.07) is 2.05. The largest absolute Gasteiger partial charge is 0.433 e. The summed E-state index contributed by atoms with van der Waals surface area (Å²) < 4.78 is 37.0. The summed E-state index contributed by atoms with van der Waals surface area (Å²) in [5.41, 5.74) is -1.38. The van der Waals surface area contributed by atoms with E-state index in [-0.39, 0.29) is 11.6 Å². The van der Waals surface area contributed by atoms with Gasteiger partial charge in [-0.1, -0.05) is 0 Å². The van der Waals surface area contributed by atoms with Crippen LogP contribution >= 0.6 is 0 Å². The zero-order valence-corrected chi connectivity index (χ0v) is 10.3. The average Bonchev–Trinajstić information content (AvgIpc) is 2.77. The maximum absolute atomic E-state index is 12.3. The molecule has 1 aliphatic rings. The van der Waals surface area contributed by atoms with Gasteiger partial charge in [0.2, 0.25) is 5.91 Å². The third kappa shape index (κ3) is 3.04. The third-order valence-electron chi connectivity index (χ3n) is 3.18. The van der Waals surface area contributed by atoms with E-state index in [0.717, 1.165) is 25.2 Å². The van der Waals surface area contributed by atoms with Gasteiger partial charge in [0.1, 0.15) is 5.69 Å². The molecule has 1 fully saturated rings. The van der Waals surface area contributed by atoms with E-state index >= 15 is 0 Å². The van der Waals surface area contributed by atoms with E-state index in [1.807, 2.05) is 0 Å². The van der Waals surface area contributed by atoms with Crippen LogP contribution in [-0.4, -0.2) is 23.0 Å². The van der Waals surface area contributed by atoms with E-state index in [0.29, 0.717) is 6.42 Å². The molecule has 0 bridgehead atoms. The highest BCUT2D eigenvalue weighted by molar-refractivity contribution is 5.97. The van der Waals surface area contributed by atoms with Gasteiger partial charge in [0, 0.05) is 0 Å². The lowest BCUT2D eigenvalue weighted by molar-refractivity contribution is -0.141. The molecule has 1 unspecified atom stereocenters. The fourth-order valence-electron chi connectivity index (χ4n) is 1.99. The highest BCUT2D eigenvalue weighted by atomic mass is 19.4. The average molecular weight is 273 g/mol. The number of nitrogens with zero attached hydrogens (tertiary/aromatic N) is 1. The second kappa shape index (κ2) is 4.80. The van der Waals surface area contributed by atoms with Gasteiger partial charge in [-0.25, -0.2) is 4.98 Å². The van der Waals surface area contributed by atoms with Gasteiger partial charge in [-0.15, -0.1) is 0 Å². The molecule has 0 aliphatic carbocycles. The Hall–Kier alpha value is -1.63. The van der Waals surface area contributed by atoms with Crippen LogP contribution in [0.5, 0.6) is 0 Å². The highest BCUT2D eigenvalue weighted by Crippen LogP contribution is 2.28. The molecule has 0 aromatic carbocycles. The van der Waals surface area contributed by atoms with Gasteiger partial charge < -0.3 is 10.6 Å². The first kappa shape index (κ1) is 13.8. The Labute approximate surface area is 108 Å². The number of alkyl halides is 3. The van der Waals surface area contributed by atoms with Gasteiger partial charge in [-0.05, 0) is 38.4 Å². The smallest absolute Gasteiger partial charge is 0.323 e. The van der Waals surface area contributed by atoms with Gasteiger partial charge >= 0.3 is 6.18 Å². The number of carbonyl (C=O) groups excluding carboxylic acids is 1. The van der Waals surface area contributed by atoms with Crippen LogP contribution in [0, 0.1) is 0 Å². The van der Waals surface area contributed by atoms with Crippen LogP contribution in [0.15, 0.2) is 18.3 Å². The maximum Gasteiger partial charge on any atom is 0.433 e. The summed E-state index contributed by atoms with van der Waals surface area (Å²) in [5.74, 6) is -0.258. The predicted molar refractivity (Wildman–Crippen MR) is 63.5 cm³/mol. The molecule has 1 aromatic heterocycles. The first-order valence-electron chi connectivity index (χ1n) is 5.91. The van der Waals surface area contributed by atoms with Gasteiger partial charge in [-0.2, -0.15) is 13.2 Å². The SMILES string of the molecule is CC1(C(=O)Nc2ccc(C(F)(F)F)nc2)CCCN1. The van der Waals surface area contributed by atoms with Crippen LogP contribution in [0.4, 0.5) is 18.9 Å². The number of rotatable bonds is 2. The van der Waals surface area contributed by atoms with Crippen LogP contribution < -0.4 is 10.6 Å². The molecule has 19 heavy (non-hydrogen) atoms. The number of aromatic nitrogens is 1. The molecular formula is C12H14F3N3O. The number of pyridine rings is 1. The summed E-state index contributed by atoms with van der Waals surface area (Å²) >= 11 is 0. The van der Waals surface area contributed by atoms with Crippen LogP contribution in [0.25, 0.3) is 0 Å². The van der Waals surface area contributed by atoms with E-state index in [2.05, 4.69) is 15.6 Å². The number of hydrogen-bond acceptors (Lipinski definition) is 3. The standard InChI is InChI=1S/C12H14F3N3O/c1-11(5-2-6-17-11)10(19)18-8-3-4-9(16-7-8)12(13,14)15/h3-4,7,17H,2,5-6H2,1H3,(H,18,19). The first-order valence-corrected chi connectivity index (χ1v) is 5.91. The summed E-state index contributed by atoms with van der Waals surface area (Å²) in [5, 5.41) is 5.65. The predicted octanol–water partition coefficient (Wildman–Crippen LogP) is 2.18. The van der Waals surface area contributed by atoms with Crippen LogP contribution in [0.3, 0.4) is 0 Å². The Bertz CT molecular complexity index is 464. The summed E-state index contributed by atoms with van der Waals surface area (Å²) in [6.07, 6.45) is -1.86. The molecule has 4 nitrogen and oxygen atoms in total. The van der Waals surface area contributed by atoms with Crippen molar-refractivity contribution in [3.63, 3.8) is 0 Å². The maximum atomic E-state index is 12.3. The number of carbonyl (C=O) groups is 1. The number of nitrogens with one attached hydrogen (secondary N) is 2. The Balaban J connectivity index is 2.06. The molecule has 2 rings (SSSR count). The zero-order chi connectivity index (χ0) is 14.1. The minimum atomic E-state index is -4.47. The summed E-state index contributed by atoms with van der Waals surface area (Å²) in [7, 11) is 0. The Kier molecular flexibility index (Phi) is 3.49. The molecule has 104 valence electrons. The number of halogens is 3. The topological polar surface area (TPSA) is 54.0 Å². The van der Waals surface area contributed by atoms with E-state index in [1.165, 1.54) is 6.07 Å². The van der Waals surface area contributed by atoms with E-state index in [9.17, 15) is 18.0 Å². The van der Waals surface area contributed by atoms with Crippen LogP contribution in [0.2, 0.25) is 0 Å². The highest BCUT2D eigenvalue weighted by Gasteiger charge is 2.36. The fraction of sp³-hybridized carbons (Fsp3) is 0.500. The minimum Gasteiger partial charge on any atom is -0.323 e. The molecule has 0 saturated carbocycles. The molecule has 1 aromatic rings. The lowest BCUT2D eigenvalue weighted by Gasteiger charge is -2.23. The van der Waals surface area contributed by atoms with Crippen molar-refractivity contribution in [2.75, 3.05) is 11.9 Å². The van der Waals surface area contributed by atoms with Crippen molar-refractivity contribution in [1.29, 1.82) is 0 Å². The summed E-state index contributed by atoms with van der Waals surface area (Å²) in [6.45, 7) is 2.53. The zero-order valence-electron chi connectivity index (χ0n) is 10.3. The van der Waals surface area contributed by atoms with Crippen LogP contribution in [0.1, 0.15) is 25.5 Å². The Morgan fingerprint density at radius 3 is 2.68 bits per heavy atom. The third-order valence-corrected chi connectivity index (χ3v) is 3.18. The normalized spacial score (nSPS) is 23.4. The molecule has 0 radical (unpaired) electrons. The molecule has 2 heterocycles. The Morgan fingerprint density at radius 2 is 2.21 bits per heavy atom. The molecule has 1 amide bonds. The fourth-order valence-corrected chi connectivity index (χ4v) is 1.99. The van der Waals surface area contributed by atoms with Crippen molar-refractivity contribution < 1.29 is 18.0 Å². The van der Waals surface area contributed by atoms with Crippen molar-refractivity contribution in [3.05, 3.63) is 24.0 Å².